The van der Waals surface area contributed by atoms with Gasteiger partial charge in [0.25, 0.3) is 0 Å². The molecular formula is C11H18N2O3S. The first-order valence-corrected chi connectivity index (χ1v) is 6.39. The van der Waals surface area contributed by atoms with Gasteiger partial charge in [-0.25, -0.2) is 0 Å². The molecule has 0 amide bonds. The molecule has 1 rings (SSSR count). The third-order valence-electron chi connectivity index (χ3n) is 2.89. The van der Waals surface area contributed by atoms with Gasteiger partial charge in [-0.2, -0.15) is 0 Å². The van der Waals surface area contributed by atoms with Crippen molar-refractivity contribution in [2.75, 3.05) is 11.9 Å². The van der Waals surface area contributed by atoms with Crippen molar-refractivity contribution < 1.29 is 10.0 Å². The lowest BCUT2D eigenvalue weighted by molar-refractivity contribution is -0.383. The zero-order valence-corrected chi connectivity index (χ0v) is 11.3. The van der Waals surface area contributed by atoms with E-state index in [0.29, 0.717) is 9.88 Å². The van der Waals surface area contributed by atoms with E-state index in [4.69, 9.17) is 0 Å². The van der Waals surface area contributed by atoms with Crippen LogP contribution in [0.25, 0.3) is 0 Å². The number of nitro groups is 1. The Labute approximate surface area is 105 Å². The molecule has 0 saturated heterocycles. The molecule has 0 fully saturated rings. The monoisotopic (exact) mass is 258 g/mol. The highest BCUT2D eigenvalue weighted by Gasteiger charge is 2.25. The molecule has 0 aliphatic carbocycles. The molecule has 0 aliphatic rings. The number of aliphatic hydroxyl groups is 1. The van der Waals surface area contributed by atoms with E-state index in [1.165, 1.54) is 17.4 Å². The van der Waals surface area contributed by atoms with Crippen molar-refractivity contribution in [3.63, 3.8) is 0 Å². The first kappa shape index (κ1) is 13.9. The van der Waals surface area contributed by atoms with Gasteiger partial charge in [0.1, 0.15) is 0 Å². The Kier molecular flexibility index (Phi) is 4.47. The third-order valence-corrected chi connectivity index (χ3v) is 4.28. The molecule has 1 aromatic heterocycles. The van der Waals surface area contributed by atoms with Crippen LogP contribution in [0.5, 0.6) is 0 Å². The summed E-state index contributed by atoms with van der Waals surface area (Å²) in [5, 5.41) is 21.1. The molecule has 17 heavy (non-hydrogen) atoms. The minimum absolute atomic E-state index is 0.0775. The topological polar surface area (TPSA) is 66.6 Å². The van der Waals surface area contributed by atoms with Crippen molar-refractivity contribution in [2.45, 2.75) is 39.3 Å². The Balaban J connectivity index is 3.16. The average molecular weight is 258 g/mol. The van der Waals surface area contributed by atoms with Gasteiger partial charge in [0.2, 0.25) is 0 Å². The van der Waals surface area contributed by atoms with Crippen molar-refractivity contribution in [2.24, 2.45) is 0 Å². The summed E-state index contributed by atoms with van der Waals surface area (Å²) < 4.78 is 0. The van der Waals surface area contributed by atoms with Crippen molar-refractivity contribution >= 4 is 22.0 Å². The Hall–Kier alpha value is -1.14. The Morgan fingerprint density at radius 3 is 2.59 bits per heavy atom. The Bertz CT molecular complexity index is 403. The van der Waals surface area contributed by atoms with E-state index in [-0.39, 0.29) is 11.7 Å². The predicted molar refractivity (Wildman–Crippen MR) is 69.8 cm³/mol. The van der Waals surface area contributed by atoms with Gasteiger partial charge >= 0.3 is 5.69 Å². The lowest BCUT2D eigenvalue weighted by atomic mass is 10.2. The van der Waals surface area contributed by atoms with Crippen LogP contribution in [0.3, 0.4) is 0 Å². The second-order valence-electron chi connectivity index (χ2n) is 4.14. The molecular weight excluding hydrogens is 240 g/mol. The molecule has 6 heteroatoms. The van der Waals surface area contributed by atoms with Gasteiger partial charge in [0.15, 0.2) is 5.00 Å². The second kappa shape index (κ2) is 5.46. The summed E-state index contributed by atoms with van der Waals surface area (Å²) in [5.41, 5.74) is 0.0775. The molecule has 1 heterocycles. The summed E-state index contributed by atoms with van der Waals surface area (Å²) in [6.07, 6.45) is 0.244. The standard InChI is InChI=1S/C11H18N2O3S/c1-5-7(2)12(4)11-9(13(15)16)6-10(17-11)8(3)14/h6-8,14H,5H2,1-4H3/t7?,8-/m1/s1. The molecule has 0 aliphatic heterocycles. The molecule has 96 valence electrons. The third kappa shape index (κ3) is 2.95. The largest absolute Gasteiger partial charge is 0.388 e. The summed E-state index contributed by atoms with van der Waals surface area (Å²) >= 11 is 1.28. The molecule has 1 N–H and O–H groups in total. The SMILES string of the molecule is CCC(C)N(C)c1sc([C@@H](C)O)cc1[N+](=O)[O-]. The fourth-order valence-corrected chi connectivity index (χ4v) is 2.58. The first-order chi connectivity index (χ1) is 7.88. The predicted octanol–water partition coefficient (Wildman–Crippen LogP) is 2.94. The maximum absolute atomic E-state index is 11.0. The van der Waals surface area contributed by atoms with Crippen LogP contribution in [0, 0.1) is 10.1 Å². The minimum Gasteiger partial charge on any atom is -0.388 e. The van der Waals surface area contributed by atoms with Gasteiger partial charge in [-0.15, -0.1) is 11.3 Å². The highest BCUT2D eigenvalue weighted by atomic mass is 32.1. The number of hydrogen-bond donors (Lipinski definition) is 1. The van der Waals surface area contributed by atoms with Crippen molar-refractivity contribution in [1.29, 1.82) is 0 Å². The Morgan fingerprint density at radius 1 is 1.59 bits per heavy atom. The van der Waals surface area contributed by atoms with Crippen LogP contribution in [0.15, 0.2) is 6.07 Å². The smallest absolute Gasteiger partial charge is 0.304 e. The van der Waals surface area contributed by atoms with Crippen molar-refractivity contribution in [3.8, 4) is 0 Å². The van der Waals surface area contributed by atoms with E-state index in [9.17, 15) is 15.2 Å². The summed E-state index contributed by atoms with van der Waals surface area (Å²) in [6.45, 7) is 5.67. The van der Waals surface area contributed by atoms with Crippen molar-refractivity contribution in [3.05, 3.63) is 21.1 Å². The molecule has 0 spiro atoms. The van der Waals surface area contributed by atoms with E-state index >= 15 is 0 Å². The van der Waals surface area contributed by atoms with Crippen molar-refractivity contribution in [1.82, 2.24) is 0 Å². The number of nitrogens with zero attached hydrogens (tertiary/aromatic N) is 2. The highest BCUT2D eigenvalue weighted by Crippen LogP contribution is 2.40. The Morgan fingerprint density at radius 2 is 2.18 bits per heavy atom. The minimum atomic E-state index is -0.669. The number of hydrogen-bond acceptors (Lipinski definition) is 5. The van der Waals surface area contributed by atoms with Crippen LogP contribution in [0.2, 0.25) is 0 Å². The second-order valence-corrected chi connectivity index (χ2v) is 5.20. The maximum Gasteiger partial charge on any atom is 0.304 e. The number of aliphatic hydroxyl groups excluding tert-OH is 1. The number of rotatable bonds is 5. The number of thiophene rings is 1. The summed E-state index contributed by atoms with van der Waals surface area (Å²) in [7, 11) is 1.85. The molecule has 0 aromatic carbocycles. The molecule has 0 saturated carbocycles. The lowest BCUT2D eigenvalue weighted by Crippen LogP contribution is -2.27. The van der Waals surface area contributed by atoms with Crippen LogP contribution >= 0.6 is 11.3 Å². The lowest BCUT2D eigenvalue weighted by Gasteiger charge is -2.23. The van der Waals surface area contributed by atoms with E-state index in [1.54, 1.807) is 6.92 Å². The molecule has 0 bridgehead atoms. The van der Waals surface area contributed by atoms with Gasteiger partial charge in [0, 0.05) is 24.0 Å². The van der Waals surface area contributed by atoms with E-state index in [1.807, 2.05) is 25.8 Å². The molecule has 0 radical (unpaired) electrons. The van der Waals surface area contributed by atoms with Crippen LogP contribution in [0.4, 0.5) is 10.7 Å². The van der Waals surface area contributed by atoms with Crippen LogP contribution < -0.4 is 4.90 Å². The normalized spacial score (nSPS) is 14.4. The van der Waals surface area contributed by atoms with Gasteiger partial charge in [-0.05, 0) is 20.3 Å². The maximum atomic E-state index is 11.0. The average Bonchev–Trinajstić information content (AvgIpc) is 2.71. The van der Waals surface area contributed by atoms with Crippen LogP contribution in [-0.4, -0.2) is 23.1 Å². The van der Waals surface area contributed by atoms with E-state index < -0.39 is 11.0 Å². The van der Waals surface area contributed by atoms with Gasteiger partial charge in [0.05, 0.1) is 11.0 Å². The van der Waals surface area contributed by atoms with Gasteiger partial charge < -0.3 is 10.0 Å². The fourth-order valence-electron chi connectivity index (χ4n) is 1.45. The summed E-state index contributed by atoms with van der Waals surface area (Å²) in [5.74, 6) is 0. The molecule has 5 nitrogen and oxygen atoms in total. The zero-order chi connectivity index (χ0) is 13.2. The molecule has 1 unspecified atom stereocenters. The van der Waals surface area contributed by atoms with E-state index in [0.717, 1.165) is 6.42 Å². The van der Waals surface area contributed by atoms with Crippen LogP contribution in [0.1, 0.15) is 38.2 Å². The quantitative estimate of drug-likeness (QED) is 0.651. The molecule has 1 aromatic rings. The number of anilines is 1. The highest BCUT2D eigenvalue weighted by molar-refractivity contribution is 7.16. The molecule has 2 atom stereocenters. The van der Waals surface area contributed by atoms with Gasteiger partial charge in [-0.3, -0.25) is 10.1 Å². The van der Waals surface area contributed by atoms with Crippen LogP contribution in [-0.2, 0) is 0 Å². The summed E-state index contributed by atoms with van der Waals surface area (Å²) in [6, 6.07) is 1.69. The fraction of sp³-hybridized carbons (Fsp3) is 0.636. The zero-order valence-electron chi connectivity index (χ0n) is 10.5. The van der Waals surface area contributed by atoms with E-state index in [2.05, 4.69) is 0 Å². The summed E-state index contributed by atoms with van der Waals surface area (Å²) in [4.78, 5) is 13.1. The van der Waals surface area contributed by atoms with Gasteiger partial charge in [-0.1, -0.05) is 6.92 Å². The first-order valence-electron chi connectivity index (χ1n) is 5.57.